The van der Waals surface area contributed by atoms with Gasteiger partial charge in [0.25, 0.3) is 5.91 Å². The second kappa shape index (κ2) is 10.9. The Morgan fingerprint density at radius 1 is 1.14 bits per heavy atom. The molecule has 1 N–H and O–H groups in total. The highest BCUT2D eigenvalue weighted by Crippen LogP contribution is 2.18. The van der Waals surface area contributed by atoms with E-state index in [2.05, 4.69) is 5.32 Å². The Balaban J connectivity index is 2.14. The SMILES string of the molecule is CCCNC(=O)[C@H](C)N(Cc1cccc(Cl)c1)C(=O)COc1ccc(C)c(C)c1. The highest BCUT2D eigenvalue weighted by atomic mass is 35.5. The minimum absolute atomic E-state index is 0.144. The van der Waals surface area contributed by atoms with Crippen LogP contribution < -0.4 is 10.1 Å². The summed E-state index contributed by atoms with van der Waals surface area (Å²) in [5, 5.41) is 3.44. The first-order chi connectivity index (χ1) is 13.8. The molecule has 0 heterocycles. The van der Waals surface area contributed by atoms with Gasteiger partial charge in [-0.2, -0.15) is 0 Å². The molecule has 5 nitrogen and oxygen atoms in total. The predicted molar refractivity (Wildman–Crippen MR) is 116 cm³/mol. The maximum atomic E-state index is 13.0. The number of benzene rings is 2. The fourth-order valence-corrected chi connectivity index (χ4v) is 3.06. The van der Waals surface area contributed by atoms with E-state index in [-0.39, 0.29) is 25.0 Å². The molecular formula is C23H29ClN2O3. The molecule has 0 aromatic heterocycles. The summed E-state index contributed by atoms with van der Waals surface area (Å²) in [6, 6.07) is 12.4. The van der Waals surface area contributed by atoms with Crippen LogP contribution in [0.3, 0.4) is 0 Å². The van der Waals surface area contributed by atoms with Gasteiger partial charge in [-0.25, -0.2) is 0 Å². The first-order valence-electron chi connectivity index (χ1n) is 9.83. The minimum atomic E-state index is -0.628. The van der Waals surface area contributed by atoms with Gasteiger partial charge < -0.3 is 15.0 Å². The van der Waals surface area contributed by atoms with Crippen molar-refractivity contribution in [1.29, 1.82) is 0 Å². The van der Waals surface area contributed by atoms with Crippen molar-refractivity contribution in [1.82, 2.24) is 10.2 Å². The minimum Gasteiger partial charge on any atom is -0.484 e. The molecule has 0 saturated heterocycles. The van der Waals surface area contributed by atoms with E-state index in [9.17, 15) is 9.59 Å². The van der Waals surface area contributed by atoms with Gasteiger partial charge in [-0.3, -0.25) is 9.59 Å². The lowest BCUT2D eigenvalue weighted by atomic mass is 10.1. The molecule has 156 valence electrons. The summed E-state index contributed by atoms with van der Waals surface area (Å²) < 4.78 is 5.71. The van der Waals surface area contributed by atoms with Crippen LogP contribution in [0, 0.1) is 13.8 Å². The number of hydrogen-bond donors (Lipinski definition) is 1. The molecule has 6 heteroatoms. The first kappa shape index (κ1) is 22.8. The molecule has 0 aliphatic heterocycles. The fraction of sp³-hybridized carbons (Fsp3) is 0.391. The van der Waals surface area contributed by atoms with Gasteiger partial charge >= 0.3 is 0 Å². The van der Waals surface area contributed by atoms with Crippen molar-refractivity contribution in [3.63, 3.8) is 0 Å². The number of nitrogens with zero attached hydrogens (tertiary/aromatic N) is 1. The van der Waals surface area contributed by atoms with Gasteiger partial charge in [-0.15, -0.1) is 0 Å². The van der Waals surface area contributed by atoms with Gasteiger partial charge in [0.05, 0.1) is 0 Å². The maximum absolute atomic E-state index is 13.0. The van der Waals surface area contributed by atoms with E-state index in [1.165, 1.54) is 4.90 Å². The van der Waals surface area contributed by atoms with Gasteiger partial charge in [-0.1, -0.05) is 36.7 Å². The van der Waals surface area contributed by atoms with Crippen LogP contribution in [0.5, 0.6) is 5.75 Å². The van der Waals surface area contributed by atoms with Crippen molar-refractivity contribution in [3.05, 3.63) is 64.2 Å². The number of carbonyl (C=O) groups is 2. The van der Waals surface area contributed by atoms with E-state index in [1.807, 2.05) is 51.1 Å². The molecule has 29 heavy (non-hydrogen) atoms. The van der Waals surface area contributed by atoms with Crippen LogP contribution in [0.15, 0.2) is 42.5 Å². The molecule has 0 unspecified atom stereocenters. The largest absolute Gasteiger partial charge is 0.484 e. The van der Waals surface area contributed by atoms with E-state index < -0.39 is 6.04 Å². The van der Waals surface area contributed by atoms with E-state index in [4.69, 9.17) is 16.3 Å². The third kappa shape index (κ3) is 6.79. The third-order valence-electron chi connectivity index (χ3n) is 4.80. The van der Waals surface area contributed by atoms with Gasteiger partial charge in [0, 0.05) is 18.1 Å². The zero-order valence-electron chi connectivity index (χ0n) is 17.5. The van der Waals surface area contributed by atoms with Gasteiger partial charge in [0.1, 0.15) is 11.8 Å². The molecule has 0 radical (unpaired) electrons. The second-order valence-electron chi connectivity index (χ2n) is 7.15. The van der Waals surface area contributed by atoms with Crippen molar-refractivity contribution in [2.45, 2.75) is 46.7 Å². The quantitative estimate of drug-likeness (QED) is 0.663. The number of amides is 2. The van der Waals surface area contributed by atoms with Crippen molar-refractivity contribution < 1.29 is 14.3 Å². The lowest BCUT2D eigenvalue weighted by Crippen LogP contribution is -2.49. The van der Waals surface area contributed by atoms with Crippen molar-refractivity contribution in [3.8, 4) is 5.75 Å². The van der Waals surface area contributed by atoms with E-state index in [1.54, 1.807) is 19.1 Å². The maximum Gasteiger partial charge on any atom is 0.261 e. The second-order valence-corrected chi connectivity index (χ2v) is 7.59. The van der Waals surface area contributed by atoms with Crippen LogP contribution in [0.1, 0.15) is 37.0 Å². The summed E-state index contributed by atoms with van der Waals surface area (Å²) in [6.07, 6.45) is 0.830. The topological polar surface area (TPSA) is 58.6 Å². The number of ether oxygens (including phenoxy) is 1. The van der Waals surface area contributed by atoms with Crippen molar-refractivity contribution >= 4 is 23.4 Å². The molecular weight excluding hydrogens is 388 g/mol. The average molecular weight is 417 g/mol. The molecule has 2 aromatic carbocycles. The van der Waals surface area contributed by atoms with Crippen LogP contribution in [-0.2, 0) is 16.1 Å². The van der Waals surface area contributed by atoms with Crippen LogP contribution in [0.2, 0.25) is 5.02 Å². The molecule has 2 aromatic rings. The van der Waals surface area contributed by atoms with Gasteiger partial charge in [0.15, 0.2) is 6.61 Å². The van der Waals surface area contributed by atoms with Crippen LogP contribution in [-0.4, -0.2) is 35.9 Å². The fourth-order valence-electron chi connectivity index (χ4n) is 2.84. The molecule has 0 bridgehead atoms. The Morgan fingerprint density at radius 2 is 1.90 bits per heavy atom. The van der Waals surface area contributed by atoms with Gasteiger partial charge in [-0.05, 0) is 68.1 Å². The number of aryl methyl sites for hydroxylation is 2. The summed E-state index contributed by atoms with van der Waals surface area (Å²) in [6.45, 7) is 8.43. The Kier molecular flexibility index (Phi) is 8.52. The zero-order chi connectivity index (χ0) is 21.4. The molecule has 2 rings (SSSR count). The molecule has 0 spiro atoms. The van der Waals surface area contributed by atoms with E-state index in [0.29, 0.717) is 17.3 Å². The molecule has 0 fully saturated rings. The Labute approximate surface area is 178 Å². The highest BCUT2D eigenvalue weighted by Gasteiger charge is 2.26. The molecule has 2 amide bonds. The Bertz CT molecular complexity index is 854. The first-order valence-corrected chi connectivity index (χ1v) is 10.2. The third-order valence-corrected chi connectivity index (χ3v) is 5.03. The Hall–Kier alpha value is -2.53. The summed E-state index contributed by atoms with van der Waals surface area (Å²) >= 11 is 6.08. The molecule has 0 aliphatic carbocycles. The zero-order valence-corrected chi connectivity index (χ0v) is 18.3. The standard InChI is InChI=1S/C23H29ClN2O3/c1-5-11-25-23(28)18(4)26(14-19-7-6-8-20(24)13-19)22(27)15-29-21-10-9-16(2)17(3)12-21/h6-10,12-13,18H,5,11,14-15H2,1-4H3,(H,25,28)/t18-/m0/s1. The number of hydrogen-bond acceptors (Lipinski definition) is 3. The van der Waals surface area contributed by atoms with Crippen LogP contribution in [0.25, 0.3) is 0 Å². The van der Waals surface area contributed by atoms with Crippen LogP contribution >= 0.6 is 11.6 Å². The lowest BCUT2D eigenvalue weighted by molar-refractivity contribution is -0.142. The number of rotatable bonds is 9. The smallest absolute Gasteiger partial charge is 0.261 e. The molecule has 0 aliphatic rings. The summed E-state index contributed by atoms with van der Waals surface area (Å²) in [7, 11) is 0. The van der Waals surface area contributed by atoms with E-state index in [0.717, 1.165) is 23.1 Å². The van der Waals surface area contributed by atoms with Crippen molar-refractivity contribution in [2.24, 2.45) is 0 Å². The summed E-state index contributed by atoms with van der Waals surface area (Å²) in [5.41, 5.74) is 3.11. The number of carbonyl (C=O) groups excluding carboxylic acids is 2. The monoisotopic (exact) mass is 416 g/mol. The summed E-state index contributed by atoms with van der Waals surface area (Å²) in [4.78, 5) is 27.0. The van der Waals surface area contributed by atoms with E-state index >= 15 is 0 Å². The van der Waals surface area contributed by atoms with Gasteiger partial charge in [0.2, 0.25) is 5.91 Å². The average Bonchev–Trinajstić information content (AvgIpc) is 2.70. The highest BCUT2D eigenvalue weighted by molar-refractivity contribution is 6.30. The summed E-state index contributed by atoms with van der Waals surface area (Å²) in [5.74, 6) is 0.183. The molecule has 1 atom stereocenters. The van der Waals surface area contributed by atoms with Crippen LogP contribution in [0.4, 0.5) is 0 Å². The predicted octanol–water partition coefficient (Wildman–Crippen LogP) is 4.28. The lowest BCUT2D eigenvalue weighted by Gasteiger charge is -2.28. The number of nitrogens with one attached hydrogen (secondary N) is 1. The Morgan fingerprint density at radius 3 is 2.55 bits per heavy atom. The normalized spacial score (nSPS) is 11.6. The molecule has 0 saturated carbocycles. The number of halogens is 1. The van der Waals surface area contributed by atoms with Crippen molar-refractivity contribution in [2.75, 3.05) is 13.2 Å².